The molecule has 0 aliphatic carbocycles. The van der Waals surface area contributed by atoms with Crippen molar-refractivity contribution in [3.05, 3.63) is 89.7 Å². The average Bonchev–Trinajstić information content (AvgIpc) is 3.49. The lowest BCUT2D eigenvalue weighted by Crippen LogP contribution is -2.24. The van der Waals surface area contributed by atoms with Crippen molar-refractivity contribution in [3.63, 3.8) is 0 Å². The average molecular weight is 430 g/mol. The Morgan fingerprint density at radius 1 is 0.969 bits per heavy atom. The minimum Gasteiger partial charge on any atom is -0.467 e. The molecule has 2 heterocycles. The molecule has 0 unspecified atom stereocenters. The molecule has 2 aromatic heterocycles. The molecule has 2 N–H and O–H groups in total. The van der Waals surface area contributed by atoms with Gasteiger partial charge in [0.25, 0.3) is 5.91 Å². The number of para-hydroxylation sites is 1. The second-order valence-corrected chi connectivity index (χ2v) is 7.22. The number of carbonyl (C=O) groups excluding carboxylic acids is 2. The highest BCUT2D eigenvalue weighted by molar-refractivity contribution is 6.03. The van der Waals surface area contributed by atoms with Crippen LogP contribution in [0, 0.1) is 6.92 Å². The van der Waals surface area contributed by atoms with Crippen LogP contribution in [-0.2, 0) is 17.8 Å². The number of hydrogen-bond acceptors (Lipinski definition) is 6. The zero-order valence-electron chi connectivity index (χ0n) is 17.5. The molecule has 0 fully saturated rings. The Kier molecular flexibility index (Phi) is 6.41. The number of hydrogen-bond donors (Lipinski definition) is 2. The van der Waals surface area contributed by atoms with Crippen LogP contribution in [0.4, 0.5) is 5.69 Å². The number of benzene rings is 2. The zero-order valence-corrected chi connectivity index (χ0v) is 17.5. The third kappa shape index (κ3) is 5.28. The second-order valence-electron chi connectivity index (χ2n) is 7.22. The van der Waals surface area contributed by atoms with Crippen LogP contribution in [0.2, 0.25) is 0 Å². The Morgan fingerprint density at radius 2 is 1.78 bits per heavy atom. The van der Waals surface area contributed by atoms with Crippen LogP contribution in [0.3, 0.4) is 0 Å². The Labute approximate surface area is 184 Å². The lowest BCUT2D eigenvalue weighted by Gasteiger charge is -2.10. The number of furan rings is 1. The van der Waals surface area contributed by atoms with Crippen molar-refractivity contribution in [2.45, 2.75) is 26.3 Å². The minimum atomic E-state index is -0.308. The maximum atomic E-state index is 12.5. The van der Waals surface area contributed by atoms with Crippen LogP contribution in [-0.4, -0.2) is 22.0 Å². The number of aromatic nitrogens is 2. The molecule has 0 aliphatic rings. The molecule has 162 valence electrons. The summed E-state index contributed by atoms with van der Waals surface area (Å²) in [4.78, 5) is 25.0. The van der Waals surface area contributed by atoms with Gasteiger partial charge in [-0.25, -0.2) is 0 Å². The first-order valence-electron chi connectivity index (χ1n) is 10.2. The summed E-state index contributed by atoms with van der Waals surface area (Å²) >= 11 is 0. The maximum Gasteiger partial charge on any atom is 0.253 e. The van der Waals surface area contributed by atoms with Crippen LogP contribution in [0.5, 0.6) is 0 Å². The predicted molar refractivity (Wildman–Crippen MR) is 118 cm³/mol. The molecule has 0 aliphatic heterocycles. The lowest BCUT2D eigenvalue weighted by atomic mass is 10.1. The van der Waals surface area contributed by atoms with Gasteiger partial charge in [0.1, 0.15) is 5.76 Å². The van der Waals surface area contributed by atoms with E-state index >= 15 is 0 Å². The van der Waals surface area contributed by atoms with Gasteiger partial charge in [0.15, 0.2) is 0 Å². The van der Waals surface area contributed by atoms with Crippen molar-refractivity contribution >= 4 is 17.5 Å². The minimum absolute atomic E-state index is 0.137. The Bertz CT molecular complexity index is 1200. The zero-order chi connectivity index (χ0) is 22.3. The highest BCUT2D eigenvalue weighted by Crippen LogP contribution is 2.19. The monoisotopic (exact) mass is 430 g/mol. The highest BCUT2D eigenvalue weighted by atomic mass is 16.4. The summed E-state index contributed by atoms with van der Waals surface area (Å²) in [6, 6.07) is 18.1. The van der Waals surface area contributed by atoms with Gasteiger partial charge in [0, 0.05) is 18.4 Å². The molecule has 0 radical (unpaired) electrons. The van der Waals surface area contributed by atoms with Crippen molar-refractivity contribution in [3.8, 4) is 11.5 Å². The largest absolute Gasteiger partial charge is 0.467 e. The fraction of sp³-hybridized carbons (Fsp3) is 0.167. The number of rotatable bonds is 8. The summed E-state index contributed by atoms with van der Waals surface area (Å²) in [5.74, 6) is 0.868. The van der Waals surface area contributed by atoms with Crippen LogP contribution >= 0.6 is 0 Å². The van der Waals surface area contributed by atoms with Gasteiger partial charge in [-0.2, -0.15) is 0 Å². The second kappa shape index (κ2) is 9.74. The number of anilines is 1. The SMILES string of the molecule is Cc1ccc(-c2nnc(CCC(=O)Nc3ccccc3C(=O)NCc3ccco3)o2)cc1. The number of carbonyl (C=O) groups is 2. The summed E-state index contributed by atoms with van der Waals surface area (Å²) in [6.07, 6.45) is 1.97. The molecule has 0 saturated carbocycles. The summed E-state index contributed by atoms with van der Waals surface area (Å²) in [5.41, 5.74) is 2.76. The van der Waals surface area contributed by atoms with Crippen molar-refractivity contribution < 1.29 is 18.4 Å². The fourth-order valence-electron chi connectivity index (χ4n) is 3.07. The van der Waals surface area contributed by atoms with Gasteiger partial charge in [-0.3, -0.25) is 9.59 Å². The summed E-state index contributed by atoms with van der Waals surface area (Å²) in [7, 11) is 0. The van der Waals surface area contributed by atoms with Gasteiger partial charge in [-0.1, -0.05) is 29.8 Å². The topological polar surface area (TPSA) is 110 Å². The van der Waals surface area contributed by atoms with Crippen molar-refractivity contribution in [1.29, 1.82) is 0 Å². The van der Waals surface area contributed by atoms with E-state index in [-0.39, 0.29) is 31.2 Å². The summed E-state index contributed by atoms with van der Waals surface area (Å²) in [5, 5.41) is 13.6. The summed E-state index contributed by atoms with van der Waals surface area (Å²) < 4.78 is 10.9. The number of amides is 2. The van der Waals surface area contributed by atoms with Gasteiger partial charge in [-0.15, -0.1) is 10.2 Å². The molecule has 0 atom stereocenters. The van der Waals surface area contributed by atoms with Crippen LogP contribution < -0.4 is 10.6 Å². The molecule has 4 rings (SSSR count). The van der Waals surface area contributed by atoms with Crippen molar-refractivity contribution in [2.24, 2.45) is 0 Å². The van der Waals surface area contributed by atoms with Crippen LogP contribution in [0.1, 0.15) is 34.0 Å². The molecule has 2 aromatic carbocycles. The normalized spacial score (nSPS) is 10.7. The third-order valence-corrected chi connectivity index (χ3v) is 4.78. The molecule has 8 heteroatoms. The van der Waals surface area contributed by atoms with Crippen LogP contribution in [0.25, 0.3) is 11.5 Å². The number of aryl methyl sites for hydroxylation is 2. The molecule has 4 aromatic rings. The predicted octanol–water partition coefficient (Wildman–Crippen LogP) is 4.14. The molecular formula is C24H22N4O4. The van der Waals surface area contributed by atoms with E-state index in [0.29, 0.717) is 28.8 Å². The lowest BCUT2D eigenvalue weighted by molar-refractivity contribution is -0.116. The van der Waals surface area contributed by atoms with E-state index < -0.39 is 0 Å². The van der Waals surface area contributed by atoms with E-state index in [9.17, 15) is 9.59 Å². The Balaban J connectivity index is 1.33. The molecule has 0 bridgehead atoms. The Hall–Kier alpha value is -4.20. The first-order chi connectivity index (χ1) is 15.6. The standard InChI is InChI=1S/C24H22N4O4/c1-16-8-10-17(11-9-16)24-28-27-22(32-24)13-12-21(29)26-20-7-3-2-6-19(20)23(30)25-15-18-5-4-14-31-18/h2-11,14H,12-13,15H2,1H3,(H,25,30)(H,26,29). The van der Waals surface area contributed by atoms with E-state index in [4.69, 9.17) is 8.83 Å². The highest BCUT2D eigenvalue weighted by Gasteiger charge is 2.15. The van der Waals surface area contributed by atoms with Gasteiger partial charge < -0.3 is 19.5 Å². The van der Waals surface area contributed by atoms with E-state index in [1.807, 2.05) is 31.2 Å². The molecule has 32 heavy (non-hydrogen) atoms. The molecule has 0 saturated heterocycles. The first kappa shape index (κ1) is 21.0. The van der Waals surface area contributed by atoms with Crippen molar-refractivity contribution in [1.82, 2.24) is 15.5 Å². The smallest absolute Gasteiger partial charge is 0.253 e. The quantitative estimate of drug-likeness (QED) is 0.435. The number of nitrogens with zero attached hydrogens (tertiary/aromatic N) is 2. The third-order valence-electron chi connectivity index (χ3n) is 4.78. The van der Waals surface area contributed by atoms with Gasteiger partial charge >= 0.3 is 0 Å². The van der Waals surface area contributed by atoms with Gasteiger partial charge in [0.2, 0.25) is 17.7 Å². The maximum absolute atomic E-state index is 12.5. The number of nitrogens with one attached hydrogen (secondary N) is 2. The first-order valence-corrected chi connectivity index (χ1v) is 10.2. The van der Waals surface area contributed by atoms with E-state index in [0.717, 1.165) is 11.1 Å². The molecule has 2 amide bonds. The fourth-order valence-corrected chi connectivity index (χ4v) is 3.07. The molecule has 0 spiro atoms. The van der Waals surface area contributed by atoms with Gasteiger partial charge in [-0.05, 0) is 43.3 Å². The van der Waals surface area contributed by atoms with Crippen molar-refractivity contribution in [2.75, 3.05) is 5.32 Å². The Morgan fingerprint density at radius 3 is 2.56 bits per heavy atom. The van der Waals surface area contributed by atoms with Gasteiger partial charge in [0.05, 0.1) is 24.1 Å². The van der Waals surface area contributed by atoms with E-state index in [1.165, 1.54) is 0 Å². The van der Waals surface area contributed by atoms with E-state index in [2.05, 4.69) is 20.8 Å². The molecule has 8 nitrogen and oxygen atoms in total. The van der Waals surface area contributed by atoms with E-state index in [1.54, 1.807) is 42.7 Å². The molecular weight excluding hydrogens is 408 g/mol. The summed E-state index contributed by atoms with van der Waals surface area (Å²) in [6.45, 7) is 2.26. The van der Waals surface area contributed by atoms with Crippen LogP contribution in [0.15, 0.2) is 75.8 Å².